The van der Waals surface area contributed by atoms with Gasteiger partial charge in [-0.2, -0.15) is 4.98 Å². The highest BCUT2D eigenvalue weighted by Crippen LogP contribution is 2.20. The second-order valence-electron chi connectivity index (χ2n) is 8.15. The summed E-state index contributed by atoms with van der Waals surface area (Å²) in [7, 11) is 0. The highest BCUT2D eigenvalue weighted by molar-refractivity contribution is 5.80. The van der Waals surface area contributed by atoms with Crippen molar-refractivity contribution in [3.63, 3.8) is 0 Å². The summed E-state index contributed by atoms with van der Waals surface area (Å²) in [6, 6.07) is 0. The van der Waals surface area contributed by atoms with Gasteiger partial charge in [-0.1, -0.05) is 25.4 Å². The number of guanidine groups is 1. The Bertz CT molecular complexity index is 593. The molecule has 0 aromatic carbocycles. The van der Waals surface area contributed by atoms with Crippen LogP contribution in [0.4, 0.5) is 0 Å². The van der Waals surface area contributed by atoms with Crippen molar-refractivity contribution in [2.75, 3.05) is 45.8 Å². The molecule has 0 bridgehead atoms. The van der Waals surface area contributed by atoms with Crippen LogP contribution in [0.1, 0.15) is 64.1 Å². The molecule has 1 atom stereocenters. The van der Waals surface area contributed by atoms with Crippen molar-refractivity contribution >= 4 is 5.96 Å². The van der Waals surface area contributed by atoms with Crippen molar-refractivity contribution in [2.45, 2.75) is 58.8 Å². The summed E-state index contributed by atoms with van der Waals surface area (Å²) in [6.07, 6.45) is 6.11. The molecule has 0 aliphatic carbocycles. The van der Waals surface area contributed by atoms with Gasteiger partial charge < -0.3 is 19.6 Å². The summed E-state index contributed by atoms with van der Waals surface area (Å²) in [5.41, 5.74) is 0. The van der Waals surface area contributed by atoms with Crippen LogP contribution in [0.25, 0.3) is 0 Å². The number of piperidine rings is 1. The summed E-state index contributed by atoms with van der Waals surface area (Å²) in [5, 5.41) is 7.48. The molecule has 3 heterocycles. The summed E-state index contributed by atoms with van der Waals surface area (Å²) >= 11 is 0. The molecule has 2 fully saturated rings. The minimum Gasteiger partial charge on any atom is -0.357 e. The van der Waals surface area contributed by atoms with E-state index in [4.69, 9.17) is 9.52 Å². The van der Waals surface area contributed by atoms with E-state index in [2.05, 4.69) is 46.0 Å². The number of nitrogens with one attached hydrogen (secondary N) is 1. The maximum Gasteiger partial charge on any atom is 0.228 e. The minimum absolute atomic E-state index is 0.296. The highest BCUT2D eigenvalue weighted by atomic mass is 16.5. The fourth-order valence-corrected chi connectivity index (χ4v) is 3.97. The van der Waals surface area contributed by atoms with Crippen LogP contribution in [0.3, 0.4) is 0 Å². The summed E-state index contributed by atoms with van der Waals surface area (Å²) in [5.74, 6) is 3.55. The van der Waals surface area contributed by atoms with E-state index in [1.54, 1.807) is 0 Å². The maximum absolute atomic E-state index is 5.32. The van der Waals surface area contributed by atoms with Crippen molar-refractivity contribution < 1.29 is 4.52 Å². The average Bonchev–Trinajstić information content (AvgIpc) is 3.32. The number of nitrogens with zero attached hydrogens (tertiary/aromatic N) is 5. The lowest BCUT2D eigenvalue weighted by molar-refractivity contribution is 0.198. The molecule has 0 radical (unpaired) electrons. The molecule has 2 aliphatic heterocycles. The third-order valence-corrected chi connectivity index (χ3v) is 5.47. The molecule has 1 unspecified atom stereocenters. The van der Waals surface area contributed by atoms with E-state index >= 15 is 0 Å². The molecule has 0 amide bonds. The Labute approximate surface area is 163 Å². The van der Waals surface area contributed by atoms with Gasteiger partial charge in [0, 0.05) is 38.5 Å². The monoisotopic (exact) mass is 376 g/mol. The van der Waals surface area contributed by atoms with Gasteiger partial charge in [-0.15, -0.1) is 0 Å². The summed E-state index contributed by atoms with van der Waals surface area (Å²) in [6.45, 7) is 13.9. The largest absolute Gasteiger partial charge is 0.357 e. The molecule has 0 saturated carbocycles. The van der Waals surface area contributed by atoms with Crippen molar-refractivity contribution in [1.82, 2.24) is 25.3 Å². The molecule has 0 spiro atoms. The molecular formula is C20H36N6O. The van der Waals surface area contributed by atoms with E-state index in [0.717, 1.165) is 37.3 Å². The molecule has 7 heteroatoms. The van der Waals surface area contributed by atoms with Gasteiger partial charge in [-0.25, -0.2) is 0 Å². The summed E-state index contributed by atoms with van der Waals surface area (Å²) < 4.78 is 5.32. The minimum atomic E-state index is 0.296. The zero-order chi connectivity index (χ0) is 19.1. The molecule has 2 aliphatic rings. The Balaban J connectivity index is 1.49. The standard InChI is InChI=1S/C20H36N6O/c1-4-21-20(22-10-8-18-23-19(16(2)3)24-27-18)26-13-9-17(15-26)14-25-11-6-5-7-12-25/h16-17H,4-15H2,1-3H3,(H,21,22). The molecule has 1 aromatic rings. The van der Waals surface area contributed by atoms with Crippen LogP contribution in [-0.2, 0) is 6.42 Å². The van der Waals surface area contributed by atoms with Gasteiger partial charge in [0.15, 0.2) is 11.8 Å². The van der Waals surface area contributed by atoms with Crippen molar-refractivity contribution in [1.29, 1.82) is 0 Å². The van der Waals surface area contributed by atoms with Crippen molar-refractivity contribution in [3.05, 3.63) is 11.7 Å². The molecular weight excluding hydrogens is 340 g/mol. The number of hydrogen-bond acceptors (Lipinski definition) is 5. The topological polar surface area (TPSA) is 69.8 Å². The van der Waals surface area contributed by atoms with Gasteiger partial charge in [0.1, 0.15) is 0 Å². The average molecular weight is 377 g/mol. The van der Waals surface area contributed by atoms with Crippen molar-refractivity contribution in [2.24, 2.45) is 10.9 Å². The Kier molecular flexibility index (Phi) is 7.50. The second kappa shape index (κ2) is 10.1. The lowest BCUT2D eigenvalue weighted by Gasteiger charge is -2.29. The van der Waals surface area contributed by atoms with Crippen LogP contribution in [0.5, 0.6) is 0 Å². The van der Waals surface area contributed by atoms with Gasteiger partial charge in [-0.05, 0) is 45.2 Å². The van der Waals surface area contributed by atoms with E-state index in [0.29, 0.717) is 24.8 Å². The number of likely N-dealkylation sites (tertiary alicyclic amines) is 2. The van der Waals surface area contributed by atoms with Gasteiger partial charge in [-0.3, -0.25) is 4.99 Å². The number of aliphatic imine (C=N–C) groups is 1. The van der Waals surface area contributed by atoms with Crippen LogP contribution >= 0.6 is 0 Å². The Hall–Kier alpha value is -1.63. The van der Waals surface area contributed by atoms with Crippen LogP contribution in [0.15, 0.2) is 9.52 Å². The normalized spacial score (nSPS) is 22.0. The lowest BCUT2D eigenvalue weighted by Crippen LogP contribution is -2.41. The highest BCUT2D eigenvalue weighted by Gasteiger charge is 2.27. The first-order chi connectivity index (χ1) is 13.2. The fraction of sp³-hybridized carbons (Fsp3) is 0.850. The van der Waals surface area contributed by atoms with Crippen LogP contribution < -0.4 is 5.32 Å². The van der Waals surface area contributed by atoms with E-state index < -0.39 is 0 Å². The quantitative estimate of drug-likeness (QED) is 0.582. The first-order valence-corrected chi connectivity index (χ1v) is 10.7. The van der Waals surface area contributed by atoms with E-state index in [1.807, 2.05) is 0 Å². The third kappa shape index (κ3) is 5.92. The SMILES string of the molecule is CCNC(=NCCc1nc(C(C)C)no1)N1CCC(CN2CCCCC2)C1. The predicted molar refractivity (Wildman–Crippen MR) is 108 cm³/mol. The Morgan fingerprint density at radius 1 is 1.26 bits per heavy atom. The van der Waals surface area contributed by atoms with Gasteiger partial charge >= 0.3 is 0 Å². The number of rotatable bonds is 7. The zero-order valence-corrected chi connectivity index (χ0v) is 17.3. The number of hydrogen-bond donors (Lipinski definition) is 1. The Morgan fingerprint density at radius 2 is 2.07 bits per heavy atom. The smallest absolute Gasteiger partial charge is 0.228 e. The molecule has 1 aromatic heterocycles. The predicted octanol–water partition coefficient (Wildman–Crippen LogP) is 2.51. The maximum atomic E-state index is 5.32. The molecule has 152 valence electrons. The van der Waals surface area contributed by atoms with Crippen LogP contribution in [-0.4, -0.2) is 71.7 Å². The summed E-state index contributed by atoms with van der Waals surface area (Å²) in [4.78, 5) is 14.3. The Morgan fingerprint density at radius 3 is 2.78 bits per heavy atom. The first-order valence-electron chi connectivity index (χ1n) is 10.7. The lowest BCUT2D eigenvalue weighted by atomic mass is 10.1. The van der Waals surface area contributed by atoms with Crippen LogP contribution in [0.2, 0.25) is 0 Å². The molecule has 2 saturated heterocycles. The van der Waals surface area contributed by atoms with Crippen molar-refractivity contribution in [3.8, 4) is 0 Å². The van der Waals surface area contributed by atoms with Gasteiger partial charge in [0.05, 0.1) is 6.54 Å². The fourth-order valence-electron chi connectivity index (χ4n) is 3.97. The number of aromatic nitrogens is 2. The van der Waals surface area contributed by atoms with Crippen LogP contribution in [0, 0.1) is 5.92 Å². The molecule has 7 nitrogen and oxygen atoms in total. The van der Waals surface area contributed by atoms with E-state index in [9.17, 15) is 0 Å². The second-order valence-corrected chi connectivity index (χ2v) is 8.15. The van der Waals surface area contributed by atoms with E-state index in [1.165, 1.54) is 45.3 Å². The molecule has 1 N–H and O–H groups in total. The van der Waals surface area contributed by atoms with E-state index in [-0.39, 0.29) is 0 Å². The first kappa shape index (κ1) is 20.1. The molecule has 3 rings (SSSR count). The van der Waals surface area contributed by atoms with Gasteiger partial charge in [0.2, 0.25) is 5.89 Å². The van der Waals surface area contributed by atoms with Gasteiger partial charge in [0.25, 0.3) is 0 Å². The third-order valence-electron chi connectivity index (χ3n) is 5.47. The zero-order valence-electron chi connectivity index (χ0n) is 17.3. The molecule has 27 heavy (non-hydrogen) atoms.